The molecule has 7 nitrogen and oxygen atoms in total. The van der Waals surface area contributed by atoms with Crippen LogP contribution in [-0.4, -0.2) is 64.4 Å². The summed E-state index contributed by atoms with van der Waals surface area (Å²) in [6, 6.07) is -0.548. The molecule has 1 fully saturated rings. The van der Waals surface area contributed by atoms with Gasteiger partial charge in [-0.1, -0.05) is 0 Å². The molecule has 0 saturated carbocycles. The summed E-state index contributed by atoms with van der Waals surface area (Å²) in [4.78, 5) is 24.5. The average Bonchev–Trinajstić information content (AvgIpc) is 2.41. The number of nitrogens with one attached hydrogen (secondary N) is 2. The van der Waals surface area contributed by atoms with Gasteiger partial charge in [0.2, 0.25) is 5.91 Å². The van der Waals surface area contributed by atoms with E-state index >= 15 is 0 Å². The standard InChI is InChI=1S/C11H21N3O4/c1-11(2,3)13-10(18)12-9(17)6-14-4-7(15)8(16)5-14/h7-8,15-16H,4-6H2,1-3H3,(H2,12,13,17,18). The number of carbonyl (C=O) groups is 2. The average molecular weight is 259 g/mol. The van der Waals surface area contributed by atoms with Crippen LogP contribution in [0.15, 0.2) is 0 Å². The summed E-state index contributed by atoms with van der Waals surface area (Å²) >= 11 is 0. The topological polar surface area (TPSA) is 102 Å². The smallest absolute Gasteiger partial charge is 0.321 e. The molecule has 1 rings (SSSR count). The number of nitrogens with zero attached hydrogens (tertiary/aromatic N) is 1. The molecule has 7 heteroatoms. The predicted octanol–water partition coefficient (Wildman–Crippen LogP) is -1.35. The number of aliphatic hydroxyl groups is 2. The predicted molar refractivity (Wildman–Crippen MR) is 64.9 cm³/mol. The largest absolute Gasteiger partial charge is 0.389 e. The summed E-state index contributed by atoms with van der Waals surface area (Å²) in [5.41, 5.74) is -0.412. The number of urea groups is 1. The molecule has 0 spiro atoms. The molecule has 1 heterocycles. The number of hydrogen-bond acceptors (Lipinski definition) is 5. The fraction of sp³-hybridized carbons (Fsp3) is 0.818. The molecule has 0 aromatic rings. The van der Waals surface area contributed by atoms with Crippen molar-refractivity contribution < 1.29 is 19.8 Å². The second-order valence-corrected chi connectivity index (χ2v) is 5.58. The monoisotopic (exact) mass is 259 g/mol. The van der Waals surface area contributed by atoms with E-state index in [1.807, 2.05) is 20.8 Å². The Morgan fingerprint density at radius 2 is 1.72 bits per heavy atom. The Balaban J connectivity index is 2.32. The van der Waals surface area contributed by atoms with Gasteiger partial charge >= 0.3 is 6.03 Å². The number of imide groups is 1. The van der Waals surface area contributed by atoms with Crippen LogP contribution < -0.4 is 10.6 Å². The first-order valence-corrected chi connectivity index (χ1v) is 5.88. The summed E-state index contributed by atoms with van der Waals surface area (Å²) < 4.78 is 0. The molecule has 0 aliphatic carbocycles. The fourth-order valence-corrected chi connectivity index (χ4v) is 1.72. The lowest BCUT2D eigenvalue weighted by molar-refractivity contribution is -0.121. The second kappa shape index (κ2) is 5.64. The van der Waals surface area contributed by atoms with Gasteiger partial charge in [0, 0.05) is 18.6 Å². The molecule has 0 aromatic carbocycles. The molecule has 4 N–H and O–H groups in total. The number of β-amino-alcohol motifs (C(OH)–C–C–N with tert-alkyl or cyclic N) is 2. The van der Waals surface area contributed by atoms with Crippen molar-refractivity contribution in [1.82, 2.24) is 15.5 Å². The van der Waals surface area contributed by atoms with Crippen LogP contribution in [0.5, 0.6) is 0 Å². The number of likely N-dealkylation sites (tertiary alicyclic amines) is 1. The van der Waals surface area contributed by atoms with E-state index in [1.54, 1.807) is 4.90 Å². The first-order chi connectivity index (χ1) is 8.17. The van der Waals surface area contributed by atoms with Gasteiger partial charge in [-0.3, -0.25) is 15.0 Å². The van der Waals surface area contributed by atoms with Gasteiger partial charge in [0.15, 0.2) is 0 Å². The van der Waals surface area contributed by atoms with Crippen LogP contribution in [0.1, 0.15) is 20.8 Å². The van der Waals surface area contributed by atoms with E-state index in [-0.39, 0.29) is 19.6 Å². The molecular weight excluding hydrogens is 238 g/mol. The molecule has 0 aromatic heterocycles. The normalized spacial score (nSPS) is 24.9. The van der Waals surface area contributed by atoms with Crippen LogP contribution in [0.3, 0.4) is 0 Å². The van der Waals surface area contributed by atoms with Gasteiger partial charge in [-0.25, -0.2) is 4.79 Å². The van der Waals surface area contributed by atoms with Crippen LogP contribution in [0.25, 0.3) is 0 Å². The Bertz CT molecular complexity index is 317. The third-order valence-electron chi connectivity index (χ3n) is 2.44. The Morgan fingerprint density at radius 1 is 1.22 bits per heavy atom. The molecule has 0 bridgehead atoms. The molecule has 1 aliphatic heterocycles. The van der Waals surface area contributed by atoms with Crippen LogP contribution >= 0.6 is 0 Å². The first kappa shape index (κ1) is 14.9. The minimum Gasteiger partial charge on any atom is -0.389 e. The highest BCUT2D eigenvalue weighted by Gasteiger charge is 2.30. The molecule has 2 atom stereocenters. The zero-order valence-corrected chi connectivity index (χ0v) is 10.9. The zero-order chi connectivity index (χ0) is 13.9. The summed E-state index contributed by atoms with van der Waals surface area (Å²) in [7, 11) is 0. The van der Waals surface area contributed by atoms with E-state index in [9.17, 15) is 19.8 Å². The van der Waals surface area contributed by atoms with E-state index in [0.29, 0.717) is 0 Å². The molecule has 2 unspecified atom stereocenters. The van der Waals surface area contributed by atoms with Gasteiger partial charge in [-0.2, -0.15) is 0 Å². The van der Waals surface area contributed by atoms with Crippen molar-refractivity contribution in [1.29, 1.82) is 0 Å². The van der Waals surface area contributed by atoms with Gasteiger partial charge < -0.3 is 15.5 Å². The molecule has 1 aliphatic rings. The first-order valence-electron chi connectivity index (χ1n) is 5.88. The van der Waals surface area contributed by atoms with Crippen molar-refractivity contribution in [3.05, 3.63) is 0 Å². The maximum Gasteiger partial charge on any atom is 0.321 e. The van der Waals surface area contributed by atoms with E-state index in [0.717, 1.165) is 0 Å². The Hall–Kier alpha value is -1.18. The van der Waals surface area contributed by atoms with Gasteiger partial charge in [0.25, 0.3) is 0 Å². The van der Waals surface area contributed by atoms with Gasteiger partial charge in [-0.05, 0) is 20.8 Å². The Morgan fingerprint density at radius 3 is 2.17 bits per heavy atom. The summed E-state index contributed by atoms with van der Waals surface area (Å²) in [5.74, 6) is -0.460. The van der Waals surface area contributed by atoms with Gasteiger partial charge in [0.1, 0.15) is 0 Å². The molecule has 1 saturated heterocycles. The minimum atomic E-state index is -0.832. The highest BCUT2D eigenvalue weighted by atomic mass is 16.3. The van der Waals surface area contributed by atoms with Gasteiger partial charge in [-0.15, -0.1) is 0 Å². The van der Waals surface area contributed by atoms with Crippen molar-refractivity contribution in [2.75, 3.05) is 19.6 Å². The molecule has 0 radical (unpaired) electrons. The fourth-order valence-electron chi connectivity index (χ4n) is 1.72. The maximum atomic E-state index is 11.5. The van der Waals surface area contributed by atoms with Crippen molar-refractivity contribution >= 4 is 11.9 Å². The molecule has 104 valence electrons. The van der Waals surface area contributed by atoms with E-state index < -0.39 is 29.7 Å². The van der Waals surface area contributed by atoms with E-state index in [1.165, 1.54) is 0 Å². The highest BCUT2D eigenvalue weighted by Crippen LogP contribution is 2.08. The van der Waals surface area contributed by atoms with Crippen LogP contribution in [0, 0.1) is 0 Å². The molecule has 3 amide bonds. The van der Waals surface area contributed by atoms with E-state index in [4.69, 9.17) is 0 Å². The number of carbonyl (C=O) groups excluding carboxylic acids is 2. The van der Waals surface area contributed by atoms with Crippen LogP contribution in [0.2, 0.25) is 0 Å². The maximum absolute atomic E-state index is 11.5. The lowest BCUT2D eigenvalue weighted by Crippen LogP contribution is -2.50. The summed E-state index contributed by atoms with van der Waals surface area (Å²) in [6.07, 6.45) is -1.66. The van der Waals surface area contributed by atoms with Crippen molar-refractivity contribution in [2.24, 2.45) is 0 Å². The van der Waals surface area contributed by atoms with Crippen LogP contribution in [0.4, 0.5) is 4.79 Å². The van der Waals surface area contributed by atoms with Crippen molar-refractivity contribution in [3.63, 3.8) is 0 Å². The van der Waals surface area contributed by atoms with Crippen molar-refractivity contribution in [3.8, 4) is 0 Å². The second-order valence-electron chi connectivity index (χ2n) is 5.58. The SMILES string of the molecule is CC(C)(C)NC(=O)NC(=O)CN1CC(O)C(O)C1. The lowest BCUT2D eigenvalue weighted by atomic mass is 10.1. The number of hydrogen-bond donors (Lipinski definition) is 4. The lowest BCUT2D eigenvalue weighted by Gasteiger charge is -2.21. The third kappa shape index (κ3) is 4.99. The highest BCUT2D eigenvalue weighted by molar-refractivity contribution is 5.95. The number of rotatable bonds is 2. The molecule has 18 heavy (non-hydrogen) atoms. The summed E-state index contributed by atoms with van der Waals surface area (Å²) in [6.45, 7) is 5.87. The Kier molecular flexibility index (Phi) is 4.66. The third-order valence-corrected chi connectivity index (χ3v) is 2.44. The van der Waals surface area contributed by atoms with E-state index in [2.05, 4.69) is 10.6 Å². The quantitative estimate of drug-likeness (QED) is 0.491. The minimum absolute atomic E-state index is 0.0221. The van der Waals surface area contributed by atoms with Crippen molar-refractivity contribution in [2.45, 2.75) is 38.5 Å². The van der Waals surface area contributed by atoms with Crippen LogP contribution in [-0.2, 0) is 4.79 Å². The van der Waals surface area contributed by atoms with Gasteiger partial charge in [0.05, 0.1) is 18.8 Å². The number of aliphatic hydroxyl groups excluding tert-OH is 2. The zero-order valence-electron chi connectivity index (χ0n) is 10.9. The number of amides is 3. The Labute approximate surface area is 106 Å². The molecular formula is C11H21N3O4. The summed E-state index contributed by atoms with van der Waals surface area (Å²) in [5, 5.41) is 23.4.